The Bertz CT molecular complexity index is 1170. The summed E-state index contributed by atoms with van der Waals surface area (Å²) in [6.45, 7) is 0. The molecule has 0 bridgehead atoms. The van der Waals surface area contributed by atoms with Gasteiger partial charge in [-0.3, -0.25) is 14.4 Å². The lowest BCUT2D eigenvalue weighted by atomic mass is 10.2. The monoisotopic (exact) mass is 466 g/mol. The Labute approximate surface area is 194 Å². The van der Waals surface area contributed by atoms with Crippen LogP contribution in [0.1, 0.15) is 16.8 Å². The first-order valence-electron chi connectivity index (χ1n) is 9.79. The van der Waals surface area contributed by atoms with Crippen LogP contribution in [0.5, 0.6) is 5.75 Å². The first-order valence-corrected chi connectivity index (χ1v) is 11.0. The smallest absolute Gasteiger partial charge is 0.255 e. The van der Waals surface area contributed by atoms with Gasteiger partial charge in [0.05, 0.1) is 18.0 Å². The fourth-order valence-corrected chi connectivity index (χ4v) is 4.49. The number of nitrogens with zero attached hydrogens (tertiary/aromatic N) is 1. The van der Waals surface area contributed by atoms with Crippen LogP contribution < -0.4 is 15.0 Å². The molecule has 8 heteroatoms. The van der Waals surface area contributed by atoms with Gasteiger partial charge in [-0.05, 0) is 66.7 Å². The molecule has 6 nitrogen and oxygen atoms in total. The number of carbonyl (C=O) groups excluding carboxylic acids is 3. The van der Waals surface area contributed by atoms with Gasteiger partial charge in [0.25, 0.3) is 5.91 Å². The zero-order chi connectivity index (χ0) is 22.7. The van der Waals surface area contributed by atoms with Crippen molar-refractivity contribution >= 4 is 52.5 Å². The van der Waals surface area contributed by atoms with Crippen molar-refractivity contribution in [2.45, 2.75) is 16.6 Å². The van der Waals surface area contributed by atoms with Crippen LogP contribution >= 0.6 is 23.4 Å². The van der Waals surface area contributed by atoms with Crippen LogP contribution in [0.4, 0.5) is 11.4 Å². The molecule has 0 spiro atoms. The predicted molar refractivity (Wildman–Crippen MR) is 126 cm³/mol. The van der Waals surface area contributed by atoms with E-state index in [1.165, 1.54) is 16.7 Å². The van der Waals surface area contributed by atoms with Crippen molar-refractivity contribution in [3.63, 3.8) is 0 Å². The van der Waals surface area contributed by atoms with Crippen molar-refractivity contribution in [3.05, 3.63) is 83.4 Å². The van der Waals surface area contributed by atoms with E-state index in [0.717, 1.165) is 4.90 Å². The third kappa shape index (κ3) is 4.79. The van der Waals surface area contributed by atoms with E-state index in [1.54, 1.807) is 67.8 Å². The van der Waals surface area contributed by atoms with Crippen LogP contribution in [0.25, 0.3) is 0 Å². The fourth-order valence-electron chi connectivity index (χ4n) is 3.31. The van der Waals surface area contributed by atoms with Gasteiger partial charge in [-0.2, -0.15) is 0 Å². The van der Waals surface area contributed by atoms with E-state index in [9.17, 15) is 14.4 Å². The number of anilines is 2. The minimum absolute atomic E-state index is 0.125. The van der Waals surface area contributed by atoms with Crippen LogP contribution in [0.3, 0.4) is 0 Å². The van der Waals surface area contributed by atoms with Crippen molar-refractivity contribution in [1.82, 2.24) is 0 Å². The fraction of sp³-hybridized carbons (Fsp3) is 0.125. The van der Waals surface area contributed by atoms with Crippen LogP contribution in [0, 0.1) is 0 Å². The summed E-state index contributed by atoms with van der Waals surface area (Å²) in [7, 11) is 1.55. The van der Waals surface area contributed by atoms with Gasteiger partial charge < -0.3 is 10.1 Å². The van der Waals surface area contributed by atoms with E-state index in [0.29, 0.717) is 27.7 Å². The molecule has 3 amide bonds. The van der Waals surface area contributed by atoms with Crippen LogP contribution in [0.2, 0.25) is 5.02 Å². The van der Waals surface area contributed by atoms with E-state index in [-0.39, 0.29) is 24.1 Å². The Hall–Kier alpha value is -3.29. The maximum Gasteiger partial charge on any atom is 0.255 e. The summed E-state index contributed by atoms with van der Waals surface area (Å²) in [5, 5.41) is 2.87. The third-order valence-corrected chi connectivity index (χ3v) is 6.36. The van der Waals surface area contributed by atoms with Crippen molar-refractivity contribution in [2.75, 3.05) is 17.3 Å². The minimum Gasteiger partial charge on any atom is -0.497 e. The van der Waals surface area contributed by atoms with Crippen molar-refractivity contribution < 1.29 is 19.1 Å². The molecule has 1 aliphatic heterocycles. The molecule has 3 aromatic carbocycles. The molecule has 1 fully saturated rings. The highest BCUT2D eigenvalue weighted by Gasteiger charge is 2.40. The highest BCUT2D eigenvalue weighted by Crippen LogP contribution is 2.34. The van der Waals surface area contributed by atoms with Gasteiger partial charge in [0.1, 0.15) is 5.75 Å². The van der Waals surface area contributed by atoms with E-state index in [4.69, 9.17) is 16.3 Å². The van der Waals surface area contributed by atoms with Crippen molar-refractivity contribution in [2.24, 2.45) is 0 Å². The van der Waals surface area contributed by atoms with Gasteiger partial charge in [-0.15, -0.1) is 11.8 Å². The second kappa shape index (κ2) is 9.46. The number of nitrogens with one attached hydrogen (secondary N) is 1. The van der Waals surface area contributed by atoms with Gasteiger partial charge in [-0.1, -0.05) is 17.7 Å². The molecule has 0 radical (unpaired) electrons. The number of rotatable bonds is 6. The largest absolute Gasteiger partial charge is 0.497 e. The van der Waals surface area contributed by atoms with Gasteiger partial charge in [0, 0.05) is 27.6 Å². The van der Waals surface area contributed by atoms with E-state index in [1.807, 2.05) is 12.1 Å². The SMILES string of the molecule is COc1cccc(C(=O)Nc2ccc(SC3CC(=O)N(c4ccc(Cl)cc4)C3=O)cc2)c1. The molecule has 1 atom stereocenters. The van der Waals surface area contributed by atoms with E-state index in [2.05, 4.69) is 5.32 Å². The second-order valence-corrected chi connectivity index (χ2v) is 8.78. The summed E-state index contributed by atoms with van der Waals surface area (Å²) in [4.78, 5) is 39.7. The minimum atomic E-state index is -0.504. The van der Waals surface area contributed by atoms with Crippen LogP contribution in [-0.2, 0) is 9.59 Å². The van der Waals surface area contributed by atoms with E-state index < -0.39 is 5.25 Å². The zero-order valence-corrected chi connectivity index (χ0v) is 18.7. The number of ether oxygens (including phenoxy) is 1. The molecule has 1 aliphatic rings. The lowest BCUT2D eigenvalue weighted by molar-refractivity contribution is -0.121. The Morgan fingerprint density at radius 1 is 1.06 bits per heavy atom. The quantitative estimate of drug-likeness (QED) is 0.516. The molecular formula is C24H19ClN2O4S. The predicted octanol–water partition coefficient (Wildman–Crippen LogP) is 5.03. The molecule has 32 heavy (non-hydrogen) atoms. The summed E-state index contributed by atoms with van der Waals surface area (Å²) in [6, 6.07) is 20.7. The number of imide groups is 1. The van der Waals surface area contributed by atoms with E-state index >= 15 is 0 Å². The first kappa shape index (κ1) is 21.9. The number of halogens is 1. The number of carbonyl (C=O) groups is 3. The topological polar surface area (TPSA) is 75.7 Å². The second-order valence-electron chi connectivity index (χ2n) is 7.06. The lowest BCUT2D eigenvalue weighted by Gasteiger charge is -2.15. The third-order valence-electron chi connectivity index (χ3n) is 4.91. The Morgan fingerprint density at radius 2 is 1.78 bits per heavy atom. The Balaban J connectivity index is 1.40. The summed E-state index contributed by atoms with van der Waals surface area (Å²) in [6.07, 6.45) is 0.125. The molecular weight excluding hydrogens is 448 g/mol. The molecule has 1 heterocycles. The maximum atomic E-state index is 12.8. The van der Waals surface area contributed by atoms with Crippen molar-refractivity contribution in [1.29, 1.82) is 0 Å². The molecule has 1 saturated heterocycles. The molecule has 0 aliphatic carbocycles. The zero-order valence-electron chi connectivity index (χ0n) is 17.1. The van der Waals surface area contributed by atoms with Gasteiger partial charge >= 0.3 is 0 Å². The number of hydrogen-bond acceptors (Lipinski definition) is 5. The average molecular weight is 467 g/mol. The molecule has 1 unspecified atom stereocenters. The number of methoxy groups -OCH3 is 1. The maximum absolute atomic E-state index is 12.8. The lowest BCUT2D eigenvalue weighted by Crippen LogP contribution is -2.31. The molecule has 0 aromatic heterocycles. The number of amides is 3. The first-order chi connectivity index (χ1) is 15.4. The number of benzene rings is 3. The Kier molecular flexibility index (Phi) is 6.48. The van der Waals surface area contributed by atoms with Gasteiger partial charge in [0.2, 0.25) is 11.8 Å². The number of thioether (sulfide) groups is 1. The Morgan fingerprint density at radius 3 is 2.47 bits per heavy atom. The van der Waals surface area contributed by atoms with Gasteiger partial charge in [-0.25, -0.2) is 4.90 Å². The molecule has 4 rings (SSSR count). The van der Waals surface area contributed by atoms with Crippen molar-refractivity contribution in [3.8, 4) is 5.75 Å². The molecule has 3 aromatic rings. The standard InChI is InChI=1S/C24H19ClN2O4S/c1-31-19-4-2-3-15(13-19)23(29)26-17-7-11-20(12-8-17)32-21-14-22(28)27(24(21)30)18-9-5-16(25)6-10-18/h2-13,21H,14H2,1H3,(H,26,29). The summed E-state index contributed by atoms with van der Waals surface area (Å²) in [5.41, 5.74) is 1.63. The molecule has 0 saturated carbocycles. The summed E-state index contributed by atoms with van der Waals surface area (Å²) in [5.74, 6) is -0.137. The average Bonchev–Trinajstić information content (AvgIpc) is 3.08. The van der Waals surface area contributed by atoms with Gasteiger partial charge in [0.15, 0.2) is 0 Å². The highest BCUT2D eigenvalue weighted by atomic mass is 35.5. The summed E-state index contributed by atoms with van der Waals surface area (Å²) < 4.78 is 5.15. The highest BCUT2D eigenvalue weighted by molar-refractivity contribution is 8.00. The normalized spacial score (nSPS) is 15.7. The number of hydrogen-bond donors (Lipinski definition) is 1. The molecule has 162 valence electrons. The molecule has 1 N–H and O–H groups in total. The van der Waals surface area contributed by atoms with Crippen LogP contribution in [-0.4, -0.2) is 30.1 Å². The van der Waals surface area contributed by atoms with Crippen LogP contribution in [0.15, 0.2) is 77.7 Å². The summed E-state index contributed by atoms with van der Waals surface area (Å²) >= 11 is 7.22.